The van der Waals surface area contributed by atoms with E-state index in [1.807, 2.05) is 0 Å². The minimum atomic E-state index is -1.17. The topological polar surface area (TPSA) is 27.6 Å². The van der Waals surface area contributed by atoms with Crippen LogP contribution < -0.4 is 5.73 Å². The summed E-state index contributed by atoms with van der Waals surface area (Å²) >= 11 is 0. The second kappa shape index (κ2) is 2.92. The summed E-state index contributed by atoms with van der Waals surface area (Å²) in [7, 11) is 0. The molecule has 1 aromatic carbocycles. The third-order valence-electron chi connectivity index (χ3n) is 1.36. The molecule has 60 valence electrons. The van der Waals surface area contributed by atoms with Crippen LogP contribution in [0.5, 0.6) is 0 Å². The van der Waals surface area contributed by atoms with Crippen LogP contribution in [-0.2, 0) is 6.54 Å². The van der Waals surface area contributed by atoms with E-state index in [0.29, 0.717) is 6.07 Å². The molecule has 0 aliphatic carbocycles. The number of quaternary nitrogens is 1. The van der Waals surface area contributed by atoms with Crippen molar-refractivity contribution in [2.45, 2.75) is 6.54 Å². The van der Waals surface area contributed by atoms with Crippen molar-refractivity contribution in [2.24, 2.45) is 0 Å². The fourth-order valence-corrected chi connectivity index (χ4v) is 0.755. The van der Waals surface area contributed by atoms with Gasteiger partial charge in [0.1, 0.15) is 12.4 Å². The van der Waals surface area contributed by atoms with E-state index in [2.05, 4.69) is 5.73 Å². The molecule has 0 aliphatic rings. The van der Waals surface area contributed by atoms with Gasteiger partial charge in [0.25, 0.3) is 0 Å². The summed E-state index contributed by atoms with van der Waals surface area (Å²) in [6.07, 6.45) is 0. The lowest BCUT2D eigenvalue weighted by Gasteiger charge is -1.97. The van der Waals surface area contributed by atoms with Crippen molar-refractivity contribution in [2.75, 3.05) is 0 Å². The quantitative estimate of drug-likeness (QED) is 0.593. The monoisotopic (exact) mass is 162 g/mol. The van der Waals surface area contributed by atoms with Gasteiger partial charge in [-0.1, -0.05) is 0 Å². The minimum absolute atomic E-state index is 0.0869. The highest BCUT2D eigenvalue weighted by molar-refractivity contribution is 5.18. The van der Waals surface area contributed by atoms with E-state index >= 15 is 0 Å². The minimum Gasteiger partial charge on any atom is -0.354 e. The lowest BCUT2D eigenvalue weighted by molar-refractivity contribution is -0.387. The molecule has 4 heteroatoms. The van der Waals surface area contributed by atoms with Crippen molar-refractivity contribution < 1.29 is 18.9 Å². The Kier molecular flexibility index (Phi) is 2.14. The molecule has 0 spiro atoms. The second-order valence-corrected chi connectivity index (χ2v) is 2.11. The third-order valence-corrected chi connectivity index (χ3v) is 1.36. The van der Waals surface area contributed by atoms with Gasteiger partial charge in [-0.3, -0.25) is 0 Å². The van der Waals surface area contributed by atoms with Gasteiger partial charge in [0.05, 0.1) is 0 Å². The number of halogens is 3. The molecule has 1 rings (SSSR count). The van der Waals surface area contributed by atoms with Gasteiger partial charge in [-0.25, -0.2) is 13.2 Å². The summed E-state index contributed by atoms with van der Waals surface area (Å²) in [5.74, 6) is -2.95. The molecule has 1 aromatic rings. The summed E-state index contributed by atoms with van der Waals surface area (Å²) in [5, 5.41) is 0. The van der Waals surface area contributed by atoms with Crippen LogP contribution in [0.3, 0.4) is 0 Å². The molecule has 0 radical (unpaired) electrons. The number of benzene rings is 1. The fraction of sp³-hybridized carbons (Fsp3) is 0.143. The molecule has 1 nitrogen and oxygen atoms in total. The maximum absolute atomic E-state index is 12.6. The standard InChI is InChI=1S/C7H6F3N/c8-5-2-7(10)6(9)1-4(5)3-11/h1-2H,3,11H2/p+1. The van der Waals surface area contributed by atoms with Gasteiger partial charge < -0.3 is 5.73 Å². The molecule has 11 heavy (non-hydrogen) atoms. The van der Waals surface area contributed by atoms with Crippen LogP contribution >= 0.6 is 0 Å². The maximum atomic E-state index is 12.6. The Labute approximate surface area is 61.6 Å². The molecule has 3 N–H and O–H groups in total. The van der Waals surface area contributed by atoms with Crippen molar-refractivity contribution in [3.63, 3.8) is 0 Å². The summed E-state index contributed by atoms with van der Waals surface area (Å²) in [6, 6.07) is 1.34. The maximum Gasteiger partial charge on any atom is 0.161 e. The number of hydrogen-bond donors (Lipinski definition) is 1. The molecule has 0 heterocycles. The lowest BCUT2D eigenvalue weighted by atomic mass is 10.2. The zero-order chi connectivity index (χ0) is 8.43. The lowest BCUT2D eigenvalue weighted by Crippen LogP contribution is -2.47. The molecule has 0 saturated heterocycles. The summed E-state index contributed by atoms with van der Waals surface area (Å²) < 4.78 is 37.2. The summed E-state index contributed by atoms with van der Waals surface area (Å²) in [4.78, 5) is 0. The van der Waals surface area contributed by atoms with Crippen molar-refractivity contribution in [1.29, 1.82) is 0 Å². The van der Waals surface area contributed by atoms with E-state index in [4.69, 9.17) is 0 Å². The Bertz CT molecular complexity index is 273. The van der Waals surface area contributed by atoms with E-state index in [-0.39, 0.29) is 12.1 Å². The molecule has 0 bridgehead atoms. The molecule has 0 aliphatic heterocycles. The van der Waals surface area contributed by atoms with Gasteiger partial charge in [0.2, 0.25) is 0 Å². The van der Waals surface area contributed by atoms with Gasteiger partial charge in [-0.05, 0) is 6.07 Å². The zero-order valence-electron chi connectivity index (χ0n) is 5.70. The van der Waals surface area contributed by atoms with Crippen LogP contribution in [-0.4, -0.2) is 0 Å². The average Bonchev–Trinajstić information content (AvgIpc) is 1.97. The second-order valence-electron chi connectivity index (χ2n) is 2.11. The third kappa shape index (κ3) is 1.51. The van der Waals surface area contributed by atoms with E-state index in [1.54, 1.807) is 0 Å². The highest BCUT2D eigenvalue weighted by Crippen LogP contribution is 2.12. The van der Waals surface area contributed by atoms with Crippen molar-refractivity contribution in [3.8, 4) is 0 Å². The predicted octanol–water partition coefficient (Wildman–Crippen LogP) is 0.846. The Morgan fingerprint density at radius 2 is 1.55 bits per heavy atom. The van der Waals surface area contributed by atoms with E-state index < -0.39 is 17.5 Å². The first-order chi connectivity index (χ1) is 5.15. The molecular formula is C7H7F3N+. The molecule has 0 amide bonds. The molecule has 0 unspecified atom stereocenters. The normalized spacial score (nSPS) is 10.2. The van der Waals surface area contributed by atoms with Gasteiger partial charge in [0.15, 0.2) is 11.6 Å². The molecule has 0 saturated carbocycles. The van der Waals surface area contributed by atoms with Crippen LogP contribution in [0.25, 0.3) is 0 Å². The zero-order valence-corrected chi connectivity index (χ0v) is 5.70. The highest BCUT2D eigenvalue weighted by Gasteiger charge is 2.08. The average molecular weight is 162 g/mol. The molecule has 0 fully saturated rings. The fourth-order valence-electron chi connectivity index (χ4n) is 0.755. The van der Waals surface area contributed by atoms with Gasteiger partial charge >= 0.3 is 0 Å². The molecular weight excluding hydrogens is 155 g/mol. The number of hydrogen-bond acceptors (Lipinski definition) is 0. The van der Waals surface area contributed by atoms with Gasteiger partial charge in [0, 0.05) is 11.6 Å². The van der Waals surface area contributed by atoms with E-state index in [0.717, 1.165) is 6.07 Å². The Balaban J connectivity index is 3.21. The first-order valence-electron chi connectivity index (χ1n) is 3.08. The van der Waals surface area contributed by atoms with Gasteiger partial charge in [-0.2, -0.15) is 0 Å². The van der Waals surface area contributed by atoms with Crippen molar-refractivity contribution in [1.82, 2.24) is 0 Å². The number of rotatable bonds is 1. The largest absolute Gasteiger partial charge is 0.354 e. The SMILES string of the molecule is [NH3+]Cc1cc(F)c(F)cc1F. The molecule has 0 atom stereocenters. The summed E-state index contributed by atoms with van der Waals surface area (Å²) in [6.45, 7) is 0.114. The first-order valence-corrected chi connectivity index (χ1v) is 3.08. The smallest absolute Gasteiger partial charge is 0.161 e. The van der Waals surface area contributed by atoms with Crippen molar-refractivity contribution >= 4 is 0 Å². The van der Waals surface area contributed by atoms with E-state index in [9.17, 15) is 13.2 Å². The Morgan fingerprint density at radius 1 is 1.00 bits per heavy atom. The van der Waals surface area contributed by atoms with Gasteiger partial charge in [-0.15, -0.1) is 0 Å². The van der Waals surface area contributed by atoms with Crippen LogP contribution in [0, 0.1) is 17.5 Å². The molecule has 0 aromatic heterocycles. The van der Waals surface area contributed by atoms with Crippen LogP contribution in [0.4, 0.5) is 13.2 Å². The predicted molar refractivity (Wildman–Crippen MR) is 32.9 cm³/mol. The van der Waals surface area contributed by atoms with Crippen LogP contribution in [0.1, 0.15) is 5.56 Å². The van der Waals surface area contributed by atoms with Crippen LogP contribution in [0.15, 0.2) is 12.1 Å². The Morgan fingerprint density at radius 3 is 2.09 bits per heavy atom. The Hall–Kier alpha value is -1.03. The van der Waals surface area contributed by atoms with E-state index in [1.165, 1.54) is 0 Å². The van der Waals surface area contributed by atoms with Crippen LogP contribution in [0.2, 0.25) is 0 Å². The summed E-state index contributed by atoms with van der Waals surface area (Å²) in [5.41, 5.74) is 3.45. The van der Waals surface area contributed by atoms with Crippen molar-refractivity contribution in [3.05, 3.63) is 35.1 Å². The first kappa shape index (κ1) is 8.07. The highest BCUT2D eigenvalue weighted by atomic mass is 19.2.